The number of aromatic amines is 1. The number of H-pyrrole nitrogens is 1. The lowest BCUT2D eigenvalue weighted by Gasteiger charge is -2.36. The Hall–Kier alpha value is -1.32. The smallest absolute Gasteiger partial charge is 0.225 e. The van der Waals surface area contributed by atoms with Crippen LogP contribution in [-0.4, -0.2) is 33.9 Å². The van der Waals surface area contributed by atoms with Crippen molar-refractivity contribution in [3.05, 3.63) is 18.2 Å². The summed E-state index contributed by atoms with van der Waals surface area (Å²) in [4.78, 5) is 21.5. The number of carbonyl (C=O) groups is 1. The van der Waals surface area contributed by atoms with Crippen LogP contribution in [0.1, 0.15) is 43.7 Å². The minimum absolute atomic E-state index is 0.344. The summed E-state index contributed by atoms with van der Waals surface area (Å²) >= 11 is 0. The summed E-state index contributed by atoms with van der Waals surface area (Å²) in [6, 6.07) is 0. The Bertz CT molecular complexity index is 375. The van der Waals surface area contributed by atoms with Gasteiger partial charge in [0, 0.05) is 31.1 Å². The molecule has 1 saturated heterocycles. The predicted octanol–water partition coefficient (Wildman–Crippen LogP) is 1.92. The molecule has 1 aliphatic heterocycles. The molecule has 4 heteroatoms. The van der Waals surface area contributed by atoms with Crippen LogP contribution in [-0.2, 0) is 4.79 Å². The molecule has 2 aliphatic rings. The fourth-order valence-corrected chi connectivity index (χ4v) is 2.80. The monoisotopic (exact) mass is 233 g/mol. The van der Waals surface area contributed by atoms with Crippen LogP contribution in [0.25, 0.3) is 0 Å². The summed E-state index contributed by atoms with van der Waals surface area (Å²) in [5.74, 6) is 1.28. The first-order valence-electron chi connectivity index (χ1n) is 6.62. The molecule has 2 heterocycles. The first kappa shape index (κ1) is 10.8. The van der Waals surface area contributed by atoms with Crippen molar-refractivity contribution in [2.75, 3.05) is 13.1 Å². The van der Waals surface area contributed by atoms with Crippen LogP contribution < -0.4 is 0 Å². The van der Waals surface area contributed by atoms with E-state index in [1.54, 1.807) is 6.33 Å². The van der Waals surface area contributed by atoms with Crippen LogP contribution in [0.3, 0.4) is 0 Å². The van der Waals surface area contributed by atoms with Gasteiger partial charge in [-0.1, -0.05) is 6.42 Å². The molecule has 0 aromatic carbocycles. The van der Waals surface area contributed by atoms with Gasteiger partial charge in [-0.3, -0.25) is 4.79 Å². The number of hydrogen-bond donors (Lipinski definition) is 1. The largest absolute Gasteiger partial charge is 0.351 e. The quantitative estimate of drug-likeness (QED) is 0.848. The lowest BCUT2D eigenvalue weighted by atomic mass is 9.83. The highest BCUT2D eigenvalue weighted by atomic mass is 16.2. The van der Waals surface area contributed by atoms with Crippen molar-refractivity contribution in [2.24, 2.45) is 5.92 Å². The van der Waals surface area contributed by atoms with Crippen LogP contribution in [0.4, 0.5) is 0 Å². The van der Waals surface area contributed by atoms with Crippen molar-refractivity contribution in [2.45, 2.75) is 38.0 Å². The number of nitrogens with one attached hydrogen (secondary N) is 1. The number of nitrogens with zero attached hydrogens (tertiary/aromatic N) is 2. The van der Waals surface area contributed by atoms with E-state index in [1.807, 2.05) is 6.20 Å². The summed E-state index contributed by atoms with van der Waals surface area (Å²) < 4.78 is 0. The Kier molecular flexibility index (Phi) is 2.87. The Morgan fingerprint density at radius 1 is 1.29 bits per heavy atom. The van der Waals surface area contributed by atoms with Gasteiger partial charge in [-0.2, -0.15) is 0 Å². The molecule has 1 aromatic rings. The van der Waals surface area contributed by atoms with Gasteiger partial charge in [-0.25, -0.2) is 4.98 Å². The second-order valence-electron chi connectivity index (χ2n) is 5.22. The molecule has 0 unspecified atom stereocenters. The number of hydrogen-bond acceptors (Lipinski definition) is 2. The van der Waals surface area contributed by atoms with Gasteiger partial charge >= 0.3 is 0 Å². The van der Waals surface area contributed by atoms with Gasteiger partial charge in [0.1, 0.15) is 0 Å². The zero-order valence-corrected chi connectivity index (χ0v) is 10.1. The second-order valence-corrected chi connectivity index (χ2v) is 5.22. The molecule has 1 aromatic heterocycles. The predicted molar refractivity (Wildman–Crippen MR) is 64.5 cm³/mol. The van der Waals surface area contributed by atoms with E-state index >= 15 is 0 Å². The normalized spacial score (nSPS) is 22.5. The fourth-order valence-electron chi connectivity index (χ4n) is 2.80. The maximum Gasteiger partial charge on any atom is 0.225 e. The van der Waals surface area contributed by atoms with E-state index in [4.69, 9.17) is 0 Å². The summed E-state index contributed by atoms with van der Waals surface area (Å²) in [5.41, 5.74) is 1.15. The summed E-state index contributed by atoms with van der Waals surface area (Å²) in [6.45, 7) is 1.82. The summed E-state index contributed by atoms with van der Waals surface area (Å²) in [7, 11) is 0. The molecule has 0 atom stereocenters. The SMILES string of the molecule is O=C(C1CCC1)N1CCC(c2c[nH]cn2)CC1. The molecule has 1 saturated carbocycles. The van der Waals surface area contributed by atoms with Crippen LogP contribution in [0.2, 0.25) is 0 Å². The number of aromatic nitrogens is 2. The first-order valence-corrected chi connectivity index (χ1v) is 6.62. The van der Waals surface area contributed by atoms with Crippen molar-refractivity contribution >= 4 is 5.91 Å². The highest BCUT2D eigenvalue weighted by Crippen LogP contribution is 2.31. The van der Waals surface area contributed by atoms with Crippen molar-refractivity contribution in [3.8, 4) is 0 Å². The number of carbonyl (C=O) groups excluding carboxylic acids is 1. The zero-order valence-electron chi connectivity index (χ0n) is 10.1. The van der Waals surface area contributed by atoms with Crippen LogP contribution in [0.15, 0.2) is 12.5 Å². The van der Waals surface area contributed by atoms with Crippen LogP contribution >= 0.6 is 0 Å². The van der Waals surface area contributed by atoms with Gasteiger partial charge < -0.3 is 9.88 Å². The fraction of sp³-hybridized carbons (Fsp3) is 0.692. The van der Waals surface area contributed by atoms with Gasteiger partial charge in [-0.05, 0) is 25.7 Å². The molecule has 2 fully saturated rings. The third-order valence-electron chi connectivity index (χ3n) is 4.20. The highest BCUT2D eigenvalue weighted by molar-refractivity contribution is 5.79. The highest BCUT2D eigenvalue weighted by Gasteiger charge is 2.32. The van der Waals surface area contributed by atoms with Gasteiger partial charge in [0.25, 0.3) is 0 Å². The maximum atomic E-state index is 12.1. The number of piperidine rings is 1. The number of likely N-dealkylation sites (tertiary alicyclic amines) is 1. The van der Waals surface area contributed by atoms with Gasteiger partial charge in [0.15, 0.2) is 0 Å². The Labute approximate surface area is 101 Å². The molecule has 1 N–H and O–H groups in total. The summed E-state index contributed by atoms with van der Waals surface area (Å²) in [6.07, 6.45) is 9.29. The van der Waals surface area contributed by atoms with Gasteiger partial charge in [0.2, 0.25) is 5.91 Å². The molecule has 92 valence electrons. The third kappa shape index (κ3) is 2.08. The molecular weight excluding hydrogens is 214 g/mol. The lowest BCUT2D eigenvalue weighted by molar-refractivity contribution is -0.139. The number of rotatable bonds is 2. The molecular formula is C13H19N3O. The van der Waals surface area contributed by atoms with Crippen molar-refractivity contribution in [3.63, 3.8) is 0 Å². The van der Waals surface area contributed by atoms with Crippen molar-refractivity contribution < 1.29 is 4.79 Å². The minimum atomic E-state index is 0.344. The van der Waals surface area contributed by atoms with Crippen molar-refractivity contribution in [1.29, 1.82) is 0 Å². The zero-order chi connectivity index (χ0) is 11.7. The molecule has 17 heavy (non-hydrogen) atoms. The van der Waals surface area contributed by atoms with E-state index in [0.29, 0.717) is 17.7 Å². The van der Waals surface area contributed by atoms with E-state index in [2.05, 4.69) is 14.9 Å². The molecule has 4 nitrogen and oxygen atoms in total. The molecule has 0 radical (unpaired) electrons. The van der Waals surface area contributed by atoms with E-state index in [9.17, 15) is 4.79 Å². The molecule has 1 aliphatic carbocycles. The second kappa shape index (κ2) is 4.51. The van der Waals surface area contributed by atoms with Gasteiger partial charge in [-0.15, -0.1) is 0 Å². The minimum Gasteiger partial charge on any atom is -0.351 e. The van der Waals surface area contributed by atoms with Crippen molar-refractivity contribution in [1.82, 2.24) is 14.9 Å². The van der Waals surface area contributed by atoms with Gasteiger partial charge in [0.05, 0.1) is 12.0 Å². The summed E-state index contributed by atoms with van der Waals surface area (Å²) in [5, 5.41) is 0. The average molecular weight is 233 g/mol. The molecule has 1 amide bonds. The average Bonchev–Trinajstić information content (AvgIpc) is 2.80. The number of amides is 1. The standard InChI is InChI=1S/C13H19N3O/c17-13(11-2-1-3-11)16-6-4-10(5-7-16)12-8-14-9-15-12/h8-11H,1-7H2,(H,14,15). The third-order valence-corrected chi connectivity index (χ3v) is 4.20. The van der Waals surface area contributed by atoms with E-state index in [1.165, 1.54) is 6.42 Å². The van der Waals surface area contributed by atoms with E-state index < -0.39 is 0 Å². The Morgan fingerprint density at radius 3 is 2.59 bits per heavy atom. The van der Waals surface area contributed by atoms with Crippen LogP contribution in [0.5, 0.6) is 0 Å². The first-order chi connectivity index (χ1) is 8.34. The molecule has 0 bridgehead atoms. The maximum absolute atomic E-state index is 12.1. The van der Waals surface area contributed by atoms with Crippen LogP contribution in [0, 0.1) is 5.92 Å². The molecule has 3 rings (SSSR count). The lowest BCUT2D eigenvalue weighted by Crippen LogP contribution is -2.43. The van der Waals surface area contributed by atoms with E-state index in [-0.39, 0.29) is 0 Å². The van der Waals surface area contributed by atoms with E-state index in [0.717, 1.165) is 44.5 Å². The number of imidazole rings is 1. The topological polar surface area (TPSA) is 49.0 Å². The molecule has 0 spiro atoms. The Morgan fingerprint density at radius 2 is 2.06 bits per heavy atom. The Balaban J connectivity index is 1.55.